The number of aryl methyl sites for hydroxylation is 1. The summed E-state index contributed by atoms with van der Waals surface area (Å²) in [4.78, 5) is 16.3. The van der Waals surface area contributed by atoms with Crippen molar-refractivity contribution >= 4 is 37.8 Å². The molecule has 0 spiro atoms. The van der Waals surface area contributed by atoms with Crippen LogP contribution in [0.5, 0.6) is 0 Å². The first-order valence-corrected chi connectivity index (χ1v) is 7.29. The predicted octanol–water partition coefficient (Wildman–Crippen LogP) is 3.85. The topological polar surface area (TPSA) is 42.0 Å². The number of hydrogen-bond donors (Lipinski definition) is 1. The van der Waals surface area contributed by atoms with Crippen molar-refractivity contribution in [2.75, 3.05) is 0 Å². The van der Waals surface area contributed by atoms with Gasteiger partial charge in [0.15, 0.2) is 0 Å². The summed E-state index contributed by atoms with van der Waals surface area (Å²) < 4.78 is 1.72. The molecule has 1 aromatic carbocycles. The summed E-state index contributed by atoms with van der Waals surface area (Å²) in [7, 11) is 0. The summed E-state index contributed by atoms with van der Waals surface area (Å²) in [6.45, 7) is 2.40. The fourth-order valence-corrected chi connectivity index (χ4v) is 2.95. The Bertz CT molecular complexity index is 594. The van der Waals surface area contributed by atoms with Crippen molar-refractivity contribution in [1.82, 2.24) is 10.3 Å². The maximum atomic E-state index is 12.1. The Morgan fingerprint density at radius 2 is 1.95 bits per heavy atom. The van der Waals surface area contributed by atoms with E-state index in [0.717, 1.165) is 20.2 Å². The van der Waals surface area contributed by atoms with Crippen LogP contribution >= 0.6 is 31.9 Å². The van der Waals surface area contributed by atoms with Crippen molar-refractivity contribution < 1.29 is 4.79 Å². The number of nitrogens with one attached hydrogen (secondary N) is 1. The van der Waals surface area contributed by atoms with E-state index >= 15 is 0 Å². The first-order chi connectivity index (χ1) is 9.06. The van der Waals surface area contributed by atoms with Crippen LogP contribution in [-0.4, -0.2) is 10.9 Å². The number of hydrogen-bond acceptors (Lipinski definition) is 2. The van der Waals surface area contributed by atoms with E-state index < -0.39 is 0 Å². The third kappa shape index (κ3) is 3.88. The van der Waals surface area contributed by atoms with E-state index in [9.17, 15) is 4.79 Å². The Hall–Kier alpha value is -1.20. The Labute approximate surface area is 128 Å². The lowest BCUT2D eigenvalue weighted by molar-refractivity contribution is 0.0950. The molecule has 0 radical (unpaired) electrons. The van der Waals surface area contributed by atoms with Gasteiger partial charge in [0.1, 0.15) is 0 Å². The molecular weight excluding hydrogens is 372 g/mol. The molecular formula is C14H12Br2N2O. The summed E-state index contributed by atoms with van der Waals surface area (Å²) >= 11 is 6.73. The zero-order valence-corrected chi connectivity index (χ0v) is 13.5. The van der Waals surface area contributed by atoms with Crippen LogP contribution in [-0.2, 0) is 6.54 Å². The highest BCUT2D eigenvalue weighted by Gasteiger charge is 2.08. The molecule has 1 N–H and O–H groups in total. The number of carbonyl (C=O) groups excluding carboxylic acids is 1. The van der Waals surface area contributed by atoms with Crippen LogP contribution in [0.4, 0.5) is 0 Å². The van der Waals surface area contributed by atoms with E-state index in [0.29, 0.717) is 12.1 Å². The molecule has 0 aliphatic heterocycles. The minimum atomic E-state index is -0.118. The van der Waals surface area contributed by atoms with Crippen molar-refractivity contribution in [2.24, 2.45) is 0 Å². The average molecular weight is 384 g/mol. The first-order valence-electron chi connectivity index (χ1n) is 5.71. The molecule has 0 bridgehead atoms. The number of pyridine rings is 1. The van der Waals surface area contributed by atoms with Crippen LogP contribution in [0.1, 0.15) is 21.6 Å². The molecule has 1 amide bonds. The molecule has 1 heterocycles. The minimum absolute atomic E-state index is 0.118. The normalized spacial score (nSPS) is 10.3. The highest BCUT2D eigenvalue weighted by atomic mass is 79.9. The van der Waals surface area contributed by atoms with Crippen LogP contribution in [0.2, 0.25) is 0 Å². The second-order valence-corrected chi connectivity index (χ2v) is 5.94. The van der Waals surface area contributed by atoms with Gasteiger partial charge in [-0.1, -0.05) is 37.9 Å². The molecule has 0 saturated carbocycles. The Balaban J connectivity index is 2.08. The molecule has 2 aromatic rings. The first kappa shape index (κ1) is 14.2. The lowest BCUT2D eigenvalue weighted by Crippen LogP contribution is -2.23. The molecule has 3 nitrogen and oxygen atoms in total. The summed E-state index contributed by atoms with van der Waals surface area (Å²) in [5, 5.41) is 2.87. The highest BCUT2D eigenvalue weighted by Crippen LogP contribution is 2.20. The molecule has 0 fully saturated rings. The van der Waals surface area contributed by atoms with E-state index in [1.54, 1.807) is 18.3 Å². The van der Waals surface area contributed by atoms with Gasteiger partial charge in [0.2, 0.25) is 0 Å². The molecule has 1 aromatic heterocycles. The Morgan fingerprint density at radius 3 is 2.58 bits per heavy atom. The molecule has 0 saturated heterocycles. The van der Waals surface area contributed by atoms with Crippen LogP contribution in [0.25, 0.3) is 0 Å². The third-order valence-electron chi connectivity index (χ3n) is 2.66. The SMILES string of the molecule is Cc1cccnc1CNC(=O)c1cc(Br)cc(Br)c1. The molecule has 0 atom stereocenters. The monoisotopic (exact) mass is 382 g/mol. The van der Waals surface area contributed by atoms with Crippen molar-refractivity contribution in [3.8, 4) is 0 Å². The lowest BCUT2D eigenvalue weighted by atomic mass is 10.2. The van der Waals surface area contributed by atoms with E-state index in [1.807, 2.05) is 25.1 Å². The average Bonchev–Trinajstić information content (AvgIpc) is 2.36. The Morgan fingerprint density at radius 1 is 1.26 bits per heavy atom. The fourth-order valence-electron chi connectivity index (χ4n) is 1.65. The third-order valence-corrected chi connectivity index (χ3v) is 3.57. The van der Waals surface area contributed by atoms with E-state index in [4.69, 9.17) is 0 Å². The van der Waals surface area contributed by atoms with Gasteiger partial charge in [-0.05, 0) is 36.8 Å². The number of benzene rings is 1. The second-order valence-electron chi connectivity index (χ2n) is 4.11. The van der Waals surface area contributed by atoms with E-state index in [-0.39, 0.29) is 5.91 Å². The predicted molar refractivity (Wildman–Crippen MR) is 82.0 cm³/mol. The largest absolute Gasteiger partial charge is 0.346 e. The van der Waals surface area contributed by atoms with E-state index in [2.05, 4.69) is 42.2 Å². The summed E-state index contributed by atoms with van der Waals surface area (Å²) in [5.74, 6) is -0.118. The molecule has 19 heavy (non-hydrogen) atoms. The van der Waals surface area contributed by atoms with Gasteiger partial charge >= 0.3 is 0 Å². The minimum Gasteiger partial charge on any atom is -0.346 e. The molecule has 0 unspecified atom stereocenters. The summed E-state index contributed by atoms with van der Waals surface area (Å²) in [6.07, 6.45) is 1.73. The number of halogens is 2. The second kappa shape index (κ2) is 6.30. The smallest absolute Gasteiger partial charge is 0.251 e. The van der Waals surface area contributed by atoms with Gasteiger partial charge in [-0.15, -0.1) is 0 Å². The van der Waals surface area contributed by atoms with Gasteiger partial charge in [-0.3, -0.25) is 9.78 Å². The number of aromatic nitrogens is 1. The number of amides is 1. The molecule has 5 heteroatoms. The van der Waals surface area contributed by atoms with Crippen molar-refractivity contribution in [3.63, 3.8) is 0 Å². The summed E-state index contributed by atoms with van der Waals surface area (Å²) in [6, 6.07) is 9.31. The van der Waals surface area contributed by atoms with E-state index in [1.165, 1.54) is 0 Å². The van der Waals surface area contributed by atoms with Crippen LogP contribution < -0.4 is 5.32 Å². The molecule has 2 rings (SSSR count). The lowest BCUT2D eigenvalue weighted by Gasteiger charge is -2.07. The Kier molecular flexibility index (Phi) is 4.71. The van der Waals surface area contributed by atoms with Gasteiger partial charge in [0.05, 0.1) is 12.2 Å². The van der Waals surface area contributed by atoms with Gasteiger partial charge in [-0.2, -0.15) is 0 Å². The van der Waals surface area contributed by atoms with Crippen molar-refractivity contribution in [2.45, 2.75) is 13.5 Å². The quantitative estimate of drug-likeness (QED) is 0.874. The highest BCUT2D eigenvalue weighted by molar-refractivity contribution is 9.11. The maximum Gasteiger partial charge on any atom is 0.251 e. The van der Waals surface area contributed by atoms with Crippen LogP contribution in [0, 0.1) is 6.92 Å². The number of rotatable bonds is 3. The van der Waals surface area contributed by atoms with Crippen molar-refractivity contribution in [1.29, 1.82) is 0 Å². The van der Waals surface area contributed by atoms with Gasteiger partial charge in [0, 0.05) is 20.7 Å². The summed E-state index contributed by atoms with van der Waals surface area (Å²) in [5.41, 5.74) is 2.55. The zero-order chi connectivity index (χ0) is 13.8. The van der Waals surface area contributed by atoms with Crippen LogP contribution in [0.3, 0.4) is 0 Å². The van der Waals surface area contributed by atoms with Crippen LogP contribution in [0.15, 0.2) is 45.5 Å². The number of carbonyl (C=O) groups is 1. The van der Waals surface area contributed by atoms with Gasteiger partial charge in [0.25, 0.3) is 5.91 Å². The van der Waals surface area contributed by atoms with Crippen molar-refractivity contribution in [3.05, 3.63) is 62.3 Å². The molecule has 98 valence electrons. The molecule has 0 aliphatic rings. The van der Waals surface area contributed by atoms with Gasteiger partial charge in [-0.25, -0.2) is 0 Å². The molecule has 0 aliphatic carbocycles. The van der Waals surface area contributed by atoms with Gasteiger partial charge < -0.3 is 5.32 Å². The standard InChI is InChI=1S/C14H12Br2N2O/c1-9-3-2-4-17-13(9)8-18-14(19)10-5-11(15)7-12(16)6-10/h2-7H,8H2,1H3,(H,18,19). The fraction of sp³-hybridized carbons (Fsp3) is 0.143. The maximum absolute atomic E-state index is 12.1. The zero-order valence-electron chi connectivity index (χ0n) is 10.3. The number of nitrogens with zero attached hydrogens (tertiary/aromatic N) is 1.